The molecule has 1 N–H and O–H groups in total. The summed E-state index contributed by atoms with van der Waals surface area (Å²) in [5.41, 5.74) is 3.48. The van der Waals surface area contributed by atoms with Gasteiger partial charge in [-0.05, 0) is 58.1 Å². The van der Waals surface area contributed by atoms with Crippen molar-refractivity contribution in [3.8, 4) is 0 Å². The number of aryl methyl sites for hydroxylation is 1. The molecule has 0 amide bonds. The summed E-state index contributed by atoms with van der Waals surface area (Å²) in [4.78, 5) is 5.06. The Bertz CT molecular complexity index is 790. The minimum Gasteiger partial charge on any atom is -0.371 e. The minimum atomic E-state index is -0.223. The second-order valence-corrected chi connectivity index (χ2v) is 7.76. The molecule has 23 heavy (non-hydrogen) atoms. The van der Waals surface area contributed by atoms with Crippen LogP contribution >= 0.6 is 31.9 Å². The number of rotatable bonds is 1. The van der Waals surface area contributed by atoms with Gasteiger partial charge >= 0.3 is 0 Å². The summed E-state index contributed by atoms with van der Waals surface area (Å²) in [6, 6.07) is 14.6. The topological polar surface area (TPSA) is 33.6 Å². The van der Waals surface area contributed by atoms with Crippen molar-refractivity contribution in [1.29, 1.82) is 0 Å². The molecule has 1 spiro atoms. The van der Waals surface area contributed by atoms with Gasteiger partial charge in [-0.3, -0.25) is 4.99 Å². The Balaban J connectivity index is 1.67. The van der Waals surface area contributed by atoms with E-state index in [9.17, 15) is 0 Å². The van der Waals surface area contributed by atoms with Gasteiger partial charge in [0.05, 0.1) is 12.3 Å². The molecule has 0 aromatic heterocycles. The largest absolute Gasteiger partial charge is 0.371 e. The molecule has 5 heteroatoms. The number of fused-ring (bicyclic) bond motifs is 2. The maximum Gasteiger partial charge on any atom is 0.128 e. The average molecular weight is 436 g/mol. The highest BCUT2D eigenvalue weighted by Crippen LogP contribution is 2.42. The number of aliphatic imine (C=N–C) groups is 1. The molecule has 2 aromatic carbocycles. The predicted octanol–water partition coefficient (Wildman–Crippen LogP) is 4.89. The zero-order valence-electron chi connectivity index (χ0n) is 12.5. The van der Waals surface area contributed by atoms with E-state index >= 15 is 0 Å². The van der Waals surface area contributed by atoms with Crippen LogP contribution in [-0.4, -0.2) is 19.0 Å². The smallest absolute Gasteiger partial charge is 0.128 e. The third-order valence-electron chi connectivity index (χ3n) is 4.47. The number of benzene rings is 2. The van der Waals surface area contributed by atoms with E-state index < -0.39 is 0 Å². The average Bonchev–Trinajstić information content (AvgIpc) is 2.89. The van der Waals surface area contributed by atoms with Gasteiger partial charge in [-0.2, -0.15) is 0 Å². The molecule has 2 aromatic rings. The van der Waals surface area contributed by atoms with E-state index in [4.69, 9.17) is 9.73 Å². The summed E-state index contributed by atoms with van der Waals surface area (Å²) in [7, 11) is 0. The summed E-state index contributed by atoms with van der Waals surface area (Å²) >= 11 is 7.06. The van der Waals surface area contributed by atoms with Crippen molar-refractivity contribution in [3.05, 3.63) is 62.5 Å². The van der Waals surface area contributed by atoms with Crippen LogP contribution in [0.1, 0.15) is 17.5 Å². The van der Waals surface area contributed by atoms with Gasteiger partial charge in [0.25, 0.3) is 0 Å². The molecule has 1 aliphatic heterocycles. The molecule has 118 valence electrons. The van der Waals surface area contributed by atoms with Crippen molar-refractivity contribution >= 4 is 43.4 Å². The van der Waals surface area contributed by atoms with E-state index in [0.29, 0.717) is 13.2 Å². The van der Waals surface area contributed by atoms with Gasteiger partial charge in [-0.1, -0.05) is 40.2 Å². The van der Waals surface area contributed by atoms with E-state index in [1.807, 2.05) is 18.2 Å². The van der Waals surface area contributed by atoms with E-state index in [0.717, 1.165) is 33.3 Å². The minimum absolute atomic E-state index is 0.223. The lowest BCUT2D eigenvalue weighted by Crippen LogP contribution is -2.37. The molecular weight excluding hydrogens is 420 g/mol. The van der Waals surface area contributed by atoms with Crippen molar-refractivity contribution in [3.63, 3.8) is 0 Å². The summed E-state index contributed by atoms with van der Waals surface area (Å²) < 4.78 is 7.94. The number of anilines is 1. The zero-order valence-corrected chi connectivity index (χ0v) is 15.7. The molecule has 0 saturated heterocycles. The van der Waals surface area contributed by atoms with Gasteiger partial charge in [0.1, 0.15) is 18.0 Å². The number of nitrogens with zero attached hydrogens (tertiary/aromatic N) is 1. The Morgan fingerprint density at radius 2 is 2.00 bits per heavy atom. The number of nitrogens with one attached hydrogen (secondary N) is 1. The number of hydrogen-bond donors (Lipinski definition) is 1. The fraction of sp³-hybridized carbons (Fsp3) is 0.278. The van der Waals surface area contributed by atoms with Crippen LogP contribution in [0.5, 0.6) is 0 Å². The van der Waals surface area contributed by atoms with Gasteiger partial charge < -0.3 is 10.1 Å². The first-order chi connectivity index (χ1) is 11.2. The Kier molecular flexibility index (Phi) is 4.03. The van der Waals surface area contributed by atoms with Crippen LogP contribution in [0.3, 0.4) is 0 Å². The second-order valence-electron chi connectivity index (χ2n) is 5.99. The SMILES string of the molecule is Brc1ccc(NC2=NC3(CCc4ccccc43)COC2)c(Br)c1. The molecule has 1 unspecified atom stereocenters. The molecule has 0 bridgehead atoms. The third-order valence-corrected chi connectivity index (χ3v) is 5.61. The van der Waals surface area contributed by atoms with Gasteiger partial charge in [-0.15, -0.1) is 0 Å². The maximum absolute atomic E-state index is 5.89. The first-order valence-corrected chi connectivity index (χ1v) is 9.22. The Morgan fingerprint density at radius 1 is 1.13 bits per heavy atom. The van der Waals surface area contributed by atoms with Gasteiger partial charge in [-0.25, -0.2) is 0 Å². The second kappa shape index (κ2) is 6.04. The molecule has 1 atom stereocenters. The molecular formula is C18H16Br2N2O. The molecule has 3 nitrogen and oxygen atoms in total. The maximum atomic E-state index is 5.89. The van der Waals surface area contributed by atoms with E-state index in [-0.39, 0.29) is 5.54 Å². The number of amidine groups is 1. The third kappa shape index (κ3) is 2.86. The number of halogens is 2. The monoisotopic (exact) mass is 434 g/mol. The summed E-state index contributed by atoms with van der Waals surface area (Å²) in [5.74, 6) is 0.885. The molecule has 2 aliphatic rings. The Hall–Kier alpha value is -1.17. The van der Waals surface area contributed by atoms with Crippen molar-refractivity contribution in [2.45, 2.75) is 18.4 Å². The summed E-state index contributed by atoms with van der Waals surface area (Å²) in [6.45, 7) is 1.18. The van der Waals surface area contributed by atoms with Crippen molar-refractivity contribution in [1.82, 2.24) is 0 Å². The molecule has 0 fully saturated rings. The standard InChI is InChI=1S/C18H16Br2N2O/c19-13-5-6-16(15(20)9-13)21-17-10-23-11-18(22-17)8-7-12-3-1-2-4-14(12)18/h1-6,9H,7-8,10-11H2,(H,21,22). The van der Waals surface area contributed by atoms with E-state index in [1.54, 1.807) is 0 Å². The fourth-order valence-corrected chi connectivity index (χ4v) is 4.53. The van der Waals surface area contributed by atoms with Gasteiger partial charge in [0.2, 0.25) is 0 Å². The zero-order chi connectivity index (χ0) is 15.9. The fourth-order valence-electron chi connectivity index (χ4n) is 3.38. The predicted molar refractivity (Wildman–Crippen MR) is 100 cm³/mol. The van der Waals surface area contributed by atoms with Crippen LogP contribution in [0.25, 0.3) is 0 Å². The lowest BCUT2D eigenvalue weighted by atomic mass is 9.93. The molecule has 1 aliphatic carbocycles. The Morgan fingerprint density at radius 3 is 2.87 bits per heavy atom. The molecule has 0 saturated carbocycles. The highest BCUT2D eigenvalue weighted by atomic mass is 79.9. The lowest BCUT2D eigenvalue weighted by molar-refractivity contribution is 0.0986. The van der Waals surface area contributed by atoms with Crippen LogP contribution in [-0.2, 0) is 16.7 Å². The van der Waals surface area contributed by atoms with Gasteiger partial charge in [0, 0.05) is 8.95 Å². The lowest BCUT2D eigenvalue weighted by Gasteiger charge is -2.31. The van der Waals surface area contributed by atoms with E-state index in [1.165, 1.54) is 11.1 Å². The normalized spacial score (nSPS) is 22.8. The summed E-state index contributed by atoms with van der Waals surface area (Å²) in [5, 5.41) is 3.42. The first kappa shape index (κ1) is 15.4. The van der Waals surface area contributed by atoms with Gasteiger partial charge in [0.15, 0.2) is 0 Å². The summed E-state index contributed by atoms with van der Waals surface area (Å²) in [6.07, 6.45) is 2.08. The molecule has 1 heterocycles. The van der Waals surface area contributed by atoms with Crippen LogP contribution < -0.4 is 5.32 Å². The van der Waals surface area contributed by atoms with Crippen molar-refractivity contribution < 1.29 is 4.74 Å². The van der Waals surface area contributed by atoms with Crippen LogP contribution in [0, 0.1) is 0 Å². The molecule has 4 rings (SSSR count). The quantitative estimate of drug-likeness (QED) is 0.691. The van der Waals surface area contributed by atoms with Crippen molar-refractivity contribution in [2.75, 3.05) is 18.5 Å². The van der Waals surface area contributed by atoms with Crippen LogP contribution in [0.15, 0.2) is 56.4 Å². The highest BCUT2D eigenvalue weighted by Gasteiger charge is 2.41. The van der Waals surface area contributed by atoms with Crippen LogP contribution in [0.4, 0.5) is 5.69 Å². The number of ether oxygens (including phenoxy) is 1. The highest BCUT2D eigenvalue weighted by molar-refractivity contribution is 9.11. The number of hydrogen-bond acceptors (Lipinski definition) is 3. The van der Waals surface area contributed by atoms with Crippen LogP contribution in [0.2, 0.25) is 0 Å². The first-order valence-electron chi connectivity index (χ1n) is 7.63. The molecule has 0 radical (unpaired) electrons. The van der Waals surface area contributed by atoms with E-state index in [2.05, 4.69) is 61.4 Å². The van der Waals surface area contributed by atoms with Crippen molar-refractivity contribution in [2.24, 2.45) is 4.99 Å². The Labute approximate surface area is 152 Å².